The Morgan fingerprint density at radius 3 is 1.81 bits per heavy atom. The standard InChI is InChI=1S/C52H36/c1-27-22-40-42(24-29(27)3)52-50(44-26-36-12-6-10-32-14-16-34-11-7-13-37(44)47(34)46(32)36)41-23-28(2)30(4)25-43(41)51(52)49(40)39-21-19-35-17-15-31-8-5-9-33-18-20-38(39)48(35)45(31)33/h5-11,13-26,44H,12H2,1-4H3. The highest BCUT2D eigenvalue weighted by Crippen LogP contribution is 2.62. The first-order valence-electron chi connectivity index (χ1n) is 18.8. The van der Waals surface area contributed by atoms with E-state index in [0.29, 0.717) is 0 Å². The lowest BCUT2D eigenvalue weighted by molar-refractivity contribution is 1.10. The molecule has 0 saturated heterocycles. The topological polar surface area (TPSA) is 0 Å². The van der Waals surface area contributed by atoms with Crippen molar-refractivity contribution in [3.8, 4) is 0 Å². The predicted octanol–water partition coefficient (Wildman–Crippen LogP) is 13.8. The van der Waals surface area contributed by atoms with Crippen molar-refractivity contribution in [3.63, 3.8) is 0 Å². The maximum atomic E-state index is 2.63. The van der Waals surface area contributed by atoms with Crippen LogP contribution in [0.5, 0.6) is 0 Å². The van der Waals surface area contributed by atoms with Crippen LogP contribution >= 0.6 is 0 Å². The molecule has 12 rings (SSSR count). The Labute approximate surface area is 304 Å². The molecule has 0 heteroatoms. The first-order valence-corrected chi connectivity index (χ1v) is 18.8. The molecule has 8 aromatic carbocycles. The Morgan fingerprint density at radius 1 is 0.481 bits per heavy atom. The van der Waals surface area contributed by atoms with Gasteiger partial charge in [-0.15, -0.1) is 0 Å². The third-order valence-corrected chi connectivity index (χ3v) is 13.0. The van der Waals surface area contributed by atoms with Crippen LogP contribution in [0.4, 0.5) is 0 Å². The number of allylic oxidation sites excluding steroid dienone is 6. The Balaban J connectivity index is 1.24. The lowest BCUT2D eigenvalue weighted by Gasteiger charge is -2.30. The molecule has 4 aliphatic carbocycles. The fourth-order valence-electron chi connectivity index (χ4n) is 10.4. The molecule has 1 unspecified atom stereocenters. The zero-order valence-electron chi connectivity index (χ0n) is 29.9. The van der Waals surface area contributed by atoms with Crippen LogP contribution in [0.15, 0.2) is 121 Å². The highest BCUT2D eigenvalue weighted by atomic mass is 14.4. The van der Waals surface area contributed by atoms with E-state index in [9.17, 15) is 0 Å². The number of hydrogen-bond acceptors (Lipinski definition) is 0. The lowest BCUT2D eigenvalue weighted by Crippen LogP contribution is -2.10. The van der Waals surface area contributed by atoms with Crippen molar-refractivity contribution in [3.05, 3.63) is 188 Å². The monoisotopic (exact) mass is 660 g/mol. The Bertz CT molecular complexity index is 3100. The summed E-state index contributed by atoms with van der Waals surface area (Å²) in [5.74, 6) is 0.150. The lowest BCUT2D eigenvalue weighted by atomic mass is 9.73. The van der Waals surface area contributed by atoms with Crippen LogP contribution in [0.3, 0.4) is 0 Å². The minimum Gasteiger partial charge on any atom is -0.0795 e. The summed E-state index contributed by atoms with van der Waals surface area (Å²) in [4.78, 5) is 0. The van der Waals surface area contributed by atoms with Gasteiger partial charge in [-0.2, -0.15) is 0 Å². The fraction of sp³-hybridized carbons (Fsp3) is 0.115. The van der Waals surface area contributed by atoms with Crippen LogP contribution in [0, 0.1) is 27.7 Å². The molecule has 0 nitrogen and oxygen atoms in total. The van der Waals surface area contributed by atoms with Crippen molar-refractivity contribution in [1.29, 1.82) is 0 Å². The van der Waals surface area contributed by atoms with Crippen molar-refractivity contribution >= 4 is 77.0 Å². The zero-order valence-corrected chi connectivity index (χ0v) is 29.9. The number of hydrogen-bond donors (Lipinski definition) is 0. The highest BCUT2D eigenvalue weighted by Gasteiger charge is 2.41. The minimum atomic E-state index is 0.150. The third kappa shape index (κ3) is 3.53. The van der Waals surface area contributed by atoms with E-state index in [4.69, 9.17) is 0 Å². The van der Waals surface area contributed by atoms with E-state index in [1.807, 2.05) is 0 Å². The largest absolute Gasteiger partial charge is 0.0795 e. The van der Waals surface area contributed by atoms with Gasteiger partial charge in [-0.05, 0) is 172 Å². The summed E-state index contributed by atoms with van der Waals surface area (Å²) < 4.78 is 0. The van der Waals surface area contributed by atoms with Gasteiger partial charge in [0.1, 0.15) is 0 Å². The molecule has 0 aliphatic heterocycles. The van der Waals surface area contributed by atoms with Crippen LogP contribution in [-0.4, -0.2) is 0 Å². The van der Waals surface area contributed by atoms with E-state index in [0.717, 1.165) is 6.42 Å². The molecule has 0 N–H and O–H groups in total. The van der Waals surface area contributed by atoms with Gasteiger partial charge in [0.05, 0.1) is 0 Å². The number of benzene rings is 8. The zero-order chi connectivity index (χ0) is 34.6. The average Bonchev–Trinajstić information content (AvgIpc) is 3.64. The Morgan fingerprint density at radius 2 is 1.06 bits per heavy atom. The van der Waals surface area contributed by atoms with Gasteiger partial charge in [0.2, 0.25) is 0 Å². The van der Waals surface area contributed by atoms with Gasteiger partial charge in [0.15, 0.2) is 0 Å². The fourth-order valence-corrected chi connectivity index (χ4v) is 10.4. The van der Waals surface area contributed by atoms with Crippen LogP contribution < -0.4 is 0 Å². The average molecular weight is 661 g/mol. The number of fused-ring (bicyclic) bond motifs is 5. The first-order chi connectivity index (χ1) is 25.4. The molecule has 0 amide bonds. The molecule has 0 saturated carbocycles. The van der Waals surface area contributed by atoms with Gasteiger partial charge in [0.25, 0.3) is 0 Å². The van der Waals surface area contributed by atoms with Gasteiger partial charge < -0.3 is 0 Å². The quantitative estimate of drug-likeness (QED) is 0.162. The smallest absolute Gasteiger partial charge is 0.0294 e. The van der Waals surface area contributed by atoms with E-state index >= 15 is 0 Å². The van der Waals surface area contributed by atoms with E-state index in [1.54, 1.807) is 0 Å². The second-order valence-electron chi connectivity index (χ2n) is 15.7. The van der Waals surface area contributed by atoms with Crippen LogP contribution in [0.2, 0.25) is 0 Å². The molecule has 0 aromatic heterocycles. The van der Waals surface area contributed by atoms with Gasteiger partial charge >= 0.3 is 0 Å². The normalized spacial score (nSPS) is 16.8. The summed E-state index contributed by atoms with van der Waals surface area (Å²) in [5.41, 5.74) is 23.7. The van der Waals surface area contributed by atoms with Crippen molar-refractivity contribution in [1.82, 2.24) is 0 Å². The second-order valence-corrected chi connectivity index (χ2v) is 15.7. The van der Waals surface area contributed by atoms with Gasteiger partial charge in [-0.1, -0.05) is 127 Å². The summed E-state index contributed by atoms with van der Waals surface area (Å²) >= 11 is 0. The van der Waals surface area contributed by atoms with E-state index in [2.05, 4.69) is 155 Å². The van der Waals surface area contributed by atoms with E-state index in [1.165, 1.54) is 138 Å². The van der Waals surface area contributed by atoms with Gasteiger partial charge in [0, 0.05) is 5.92 Å². The Kier molecular flexibility index (Phi) is 5.44. The second kappa shape index (κ2) is 9.87. The van der Waals surface area contributed by atoms with Crippen LogP contribution in [-0.2, 0) is 0 Å². The molecule has 0 radical (unpaired) electrons. The molecule has 52 heavy (non-hydrogen) atoms. The van der Waals surface area contributed by atoms with Crippen LogP contribution in [0.1, 0.15) is 79.1 Å². The summed E-state index contributed by atoms with van der Waals surface area (Å²) in [6.07, 6.45) is 8.28. The molecule has 4 aliphatic rings. The van der Waals surface area contributed by atoms with Crippen LogP contribution in [0.25, 0.3) is 77.0 Å². The molecular weight excluding hydrogens is 625 g/mol. The highest BCUT2D eigenvalue weighted by molar-refractivity contribution is 6.37. The molecule has 244 valence electrons. The summed E-state index contributed by atoms with van der Waals surface area (Å²) in [6.45, 7) is 9.15. The van der Waals surface area contributed by atoms with E-state index < -0.39 is 0 Å². The summed E-state index contributed by atoms with van der Waals surface area (Å²) in [6, 6.07) is 42.5. The minimum absolute atomic E-state index is 0.150. The summed E-state index contributed by atoms with van der Waals surface area (Å²) in [7, 11) is 0. The van der Waals surface area contributed by atoms with Crippen molar-refractivity contribution in [2.45, 2.75) is 40.0 Å². The molecule has 0 spiro atoms. The van der Waals surface area contributed by atoms with Gasteiger partial charge in [-0.3, -0.25) is 0 Å². The van der Waals surface area contributed by atoms with Crippen molar-refractivity contribution in [2.75, 3.05) is 0 Å². The molecule has 1 atom stereocenters. The van der Waals surface area contributed by atoms with Crippen molar-refractivity contribution in [2.24, 2.45) is 0 Å². The molecule has 0 fully saturated rings. The molecular formula is C52H36. The predicted molar refractivity (Wildman–Crippen MR) is 223 cm³/mol. The third-order valence-electron chi connectivity index (χ3n) is 13.0. The van der Waals surface area contributed by atoms with Gasteiger partial charge in [-0.25, -0.2) is 0 Å². The maximum Gasteiger partial charge on any atom is 0.0294 e. The number of aryl methyl sites for hydroxylation is 4. The maximum absolute atomic E-state index is 2.63. The number of rotatable bonds is 2. The summed E-state index contributed by atoms with van der Waals surface area (Å²) in [5, 5.41) is 10.8. The van der Waals surface area contributed by atoms with E-state index in [-0.39, 0.29) is 5.92 Å². The molecule has 0 heterocycles. The SMILES string of the molecule is Cc1cc2c(cc1C)C(c1ccc3ccc4cccc5ccc1c3c45)=C1C2=C(C2C=C3CC=Cc4ccc5cccc2c5c43)c2cc(C)c(C)cc21. The molecule has 8 aromatic rings. The first kappa shape index (κ1) is 28.7. The van der Waals surface area contributed by atoms with Crippen molar-refractivity contribution < 1.29 is 0 Å². The molecule has 0 bridgehead atoms. The Hall–Kier alpha value is -5.98.